The maximum Gasteiger partial charge on any atom is 0.306 e. The summed E-state index contributed by atoms with van der Waals surface area (Å²) < 4.78 is 0. The third-order valence-corrected chi connectivity index (χ3v) is 4.19. The lowest BCUT2D eigenvalue weighted by molar-refractivity contribution is -0.142. The number of hydrogen-bond acceptors (Lipinski definition) is 4. The highest BCUT2D eigenvalue weighted by Crippen LogP contribution is 2.24. The molecule has 5 heteroatoms. The summed E-state index contributed by atoms with van der Waals surface area (Å²) in [7, 11) is 1.77. The Hall–Kier alpha value is -1.88. The zero-order valence-electron chi connectivity index (χ0n) is 12.5. The molecule has 21 heavy (non-hydrogen) atoms. The van der Waals surface area contributed by atoms with Gasteiger partial charge in [0.05, 0.1) is 12.0 Å². The van der Waals surface area contributed by atoms with Crippen molar-refractivity contribution in [1.82, 2.24) is 5.32 Å². The first-order valence-corrected chi connectivity index (χ1v) is 7.32. The molecule has 0 amide bonds. The molecule has 1 aliphatic heterocycles. The second-order valence-electron chi connectivity index (χ2n) is 5.52. The van der Waals surface area contributed by atoms with Crippen molar-refractivity contribution < 1.29 is 14.7 Å². The Labute approximate surface area is 125 Å². The van der Waals surface area contributed by atoms with E-state index in [0.717, 1.165) is 18.8 Å². The van der Waals surface area contributed by atoms with Crippen LogP contribution < -0.4 is 10.2 Å². The van der Waals surface area contributed by atoms with Gasteiger partial charge in [-0.25, -0.2) is 0 Å². The van der Waals surface area contributed by atoms with E-state index in [0.29, 0.717) is 18.4 Å². The highest BCUT2D eigenvalue weighted by atomic mass is 16.4. The number of hydrogen-bond donors (Lipinski definition) is 2. The first-order chi connectivity index (χ1) is 10.0. The number of carboxylic acid groups (broad SMARTS) is 1. The standard InChI is InChI=1S/C16H22N2O3/c1-11(17-2)15(19)12-3-5-14(6-4-12)18-9-7-13(8-10-18)16(20)21/h3-6,11,13,17H,7-10H2,1-2H3,(H,20,21). The summed E-state index contributed by atoms with van der Waals surface area (Å²) in [6.45, 7) is 3.33. The minimum absolute atomic E-state index is 0.0774. The number of piperidine rings is 1. The average molecular weight is 290 g/mol. The van der Waals surface area contributed by atoms with Gasteiger partial charge >= 0.3 is 5.97 Å². The normalized spacial score (nSPS) is 17.5. The van der Waals surface area contributed by atoms with Crippen LogP contribution in [0.3, 0.4) is 0 Å². The van der Waals surface area contributed by atoms with Crippen LogP contribution in [0.4, 0.5) is 5.69 Å². The Morgan fingerprint density at radius 3 is 2.29 bits per heavy atom. The lowest BCUT2D eigenvalue weighted by atomic mass is 9.96. The zero-order chi connectivity index (χ0) is 15.4. The van der Waals surface area contributed by atoms with Gasteiger partial charge in [0.2, 0.25) is 0 Å². The number of ketones is 1. The largest absolute Gasteiger partial charge is 0.481 e. The van der Waals surface area contributed by atoms with Gasteiger partial charge in [-0.15, -0.1) is 0 Å². The van der Waals surface area contributed by atoms with E-state index in [9.17, 15) is 9.59 Å². The van der Waals surface area contributed by atoms with Gasteiger partial charge in [-0.3, -0.25) is 9.59 Å². The molecule has 0 saturated carbocycles. The minimum Gasteiger partial charge on any atom is -0.481 e. The topological polar surface area (TPSA) is 69.6 Å². The summed E-state index contributed by atoms with van der Waals surface area (Å²) in [5.41, 5.74) is 1.74. The number of aliphatic carboxylic acids is 1. The monoisotopic (exact) mass is 290 g/mol. The molecule has 0 bridgehead atoms. The molecule has 1 aromatic carbocycles. The van der Waals surface area contributed by atoms with Crippen LogP contribution >= 0.6 is 0 Å². The summed E-state index contributed by atoms with van der Waals surface area (Å²) >= 11 is 0. The van der Waals surface area contributed by atoms with Gasteiger partial charge in [0.15, 0.2) is 5.78 Å². The number of anilines is 1. The molecule has 0 radical (unpaired) electrons. The highest BCUT2D eigenvalue weighted by molar-refractivity contribution is 6.00. The van der Waals surface area contributed by atoms with E-state index in [2.05, 4.69) is 10.2 Å². The van der Waals surface area contributed by atoms with Gasteiger partial charge in [0.1, 0.15) is 0 Å². The van der Waals surface area contributed by atoms with Crippen molar-refractivity contribution in [3.8, 4) is 0 Å². The third-order valence-electron chi connectivity index (χ3n) is 4.19. The van der Waals surface area contributed by atoms with Gasteiger partial charge in [0, 0.05) is 24.3 Å². The van der Waals surface area contributed by atoms with Crippen molar-refractivity contribution in [3.63, 3.8) is 0 Å². The number of nitrogens with zero attached hydrogens (tertiary/aromatic N) is 1. The molecule has 114 valence electrons. The Bertz CT molecular complexity index is 505. The second-order valence-corrected chi connectivity index (χ2v) is 5.52. The molecule has 1 heterocycles. The van der Waals surface area contributed by atoms with E-state index in [1.165, 1.54) is 0 Å². The molecule has 1 unspecified atom stereocenters. The Kier molecular flexibility index (Phi) is 4.96. The van der Waals surface area contributed by atoms with Crippen LogP contribution in [0.15, 0.2) is 24.3 Å². The van der Waals surface area contributed by atoms with Gasteiger partial charge in [-0.2, -0.15) is 0 Å². The molecule has 0 spiro atoms. The van der Waals surface area contributed by atoms with E-state index >= 15 is 0 Å². The van der Waals surface area contributed by atoms with Crippen LogP contribution in [0.1, 0.15) is 30.1 Å². The van der Waals surface area contributed by atoms with Crippen molar-refractivity contribution in [1.29, 1.82) is 0 Å². The number of nitrogens with one attached hydrogen (secondary N) is 1. The number of rotatable bonds is 5. The maximum atomic E-state index is 12.0. The summed E-state index contributed by atoms with van der Waals surface area (Å²) in [5, 5.41) is 11.9. The highest BCUT2D eigenvalue weighted by Gasteiger charge is 2.24. The molecule has 1 saturated heterocycles. The number of Topliss-reactive ketones (excluding diaryl/α,β-unsaturated/α-hetero) is 1. The smallest absolute Gasteiger partial charge is 0.306 e. The fourth-order valence-corrected chi connectivity index (χ4v) is 2.60. The van der Waals surface area contributed by atoms with Crippen LogP contribution in [0, 0.1) is 5.92 Å². The quantitative estimate of drug-likeness (QED) is 0.809. The van der Waals surface area contributed by atoms with Crippen molar-refractivity contribution >= 4 is 17.4 Å². The van der Waals surface area contributed by atoms with Crippen molar-refractivity contribution in [3.05, 3.63) is 29.8 Å². The summed E-state index contributed by atoms with van der Waals surface area (Å²) in [6.07, 6.45) is 1.35. The van der Waals surface area contributed by atoms with E-state index in [1.54, 1.807) is 7.05 Å². The molecular weight excluding hydrogens is 268 g/mol. The first-order valence-electron chi connectivity index (χ1n) is 7.32. The van der Waals surface area contributed by atoms with E-state index in [1.807, 2.05) is 31.2 Å². The minimum atomic E-state index is -0.698. The predicted octanol–water partition coefficient (Wildman–Crippen LogP) is 1.78. The van der Waals surface area contributed by atoms with E-state index < -0.39 is 5.97 Å². The number of carbonyl (C=O) groups is 2. The Morgan fingerprint density at radius 1 is 1.24 bits per heavy atom. The number of carboxylic acids is 1. The van der Waals surface area contributed by atoms with Crippen molar-refractivity contribution in [2.24, 2.45) is 5.92 Å². The van der Waals surface area contributed by atoms with E-state index in [4.69, 9.17) is 5.11 Å². The molecule has 1 fully saturated rings. The number of carbonyl (C=O) groups excluding carboxylic acids is 1. The van der Waals surface area contributed by atoms with Crippen LogP contribution in [0.5, 0.6) is 0 Å². The molecule has 2 N–H and O–H groups in total. The second kappa shape index (κ2) is 6.72. The molecule has 5 nitrogen and oxygen atoms in total. The Balaban J connectivity index is 2.00. The van der Waals surface area contributed by atoms with Gasteiger partial charge < -0.3 is 15.3 Å². The molecule has 1 aromatic rings. The van der Waals surface area contributed by atoms with Crippen LogP contribution in [-0.2, 0) is 4.79 Å². The summed E-state index contributed by atoms with van der Waals surface area (Å²) in [4.78, 5) is 25.2. The van der Waals surface area contributed by atoms with Crippen molar-refractivity contribution in [2.75, 3.05) is 25.0 Å². The maximum absolute atomic E-state index is 12.0. The predicted molar refractivity (Wildman–Crippen MR) is 81.9 cm³/mol. The average Bonchev–Trinajstić information content (AvgIpc) is 2.53. The van der Waals surface area contributed by atoms with Crippen LogP contribution in [0.25, 0.3) is 0 Å². The SMILES string of the molecule is CNC(C)C(=O)c1ccc(N2CCC(C(=O)O)CC2)cc1. The van der Waals surface area contributed by atoms with Gasteiger partial charge in [-0.05, 0) is 51.1 Å². The van der Waals surface area contributed by atoms with E-state index in [-0.39, 0.29) is 17.7 Å². The summed E-state index contributed by atoms with van der Waals surface area (Å²) in [5.74, 6) is -0.844. The first kappa shape index (κ1) is 15.5. The van der Waals surface area contributed by atoms with Crippen LogP contribution in [-0.4, -0.2) is 43.0 Å². The lowest BCUT2D eigenvalue weighted by Gasteiger charge is -2.32. The lowest BCUT2D eigenvalue weighted by Crippen LogP contribution is -2.36. The number of likely N-dealkylation sites (N-methyl/N-ethyl adjacent to an activating group) is 1. The summed E-state index contributed by atoms with van der Waals surface area (Å²) in [6, 6.07) is 7.37. The molecule has 0 aromatic heterocycles. The van der Waals surface area contributed by atoms with Crippen molar-refractivity contribution in [2.45, 2.75) is 25.8 Å². The molecule has 1 aliphatic rings. The Morgan fingerprint density at radius 2 is 1.81 bits per heavy atom. The zero-order valence-corrected chi connectivity index (χ0v) is 12.5. The molecule has 0 aliphatic carbocycles. The molecular formula is C16H22N2O3. The van der Waals surface area contributed by atoms with Gasteiger partial charge in [0.25, 0.3) is 0 Å². The van der Waals surface area contributed by atoms with Crippen LogP contribution in [0.2, 0.25) is 0 Å². The number of benzene rings is 1. The third kappa shape index (κ3) is 3.61. The fraction of sp³-hybridized carbons (Fsp3) is 0.500. The fourth-order valence-electron chi connectivity index (χ4n) is 2.60. The van der Waals surface area contributed by atoms with Gasteiger partial charge in [-0.1, -0.05) is 0 Å². The molecule has 1 atom stereocenters. The molecule has 2 rings (SSSR count).